The van der Waals surface area contributed by atoms with Crippen molar-refractivity contribution < 1.29 is 4.74 Å². The molecule has 0 fully saturated rings. The Balaban J connectivity index is 2.68. The predicted molar refractivity (Wildman–Crippen MR) is 61.0 cm³/mol. The van der Waals surface area contributed by atoms with E-state index in [9.17, 15) is 0 Å². The van der Waals surface area contributed by atoms with E-state index in [4.69, 9.17) is 16.2 Å². The zero-order valence-electron chi connectivity index (χ0n) is 8.52. The molecule has 6 heteroatoms. The number of aromatic nitrogens is 2. The van der Waals surface area contributed by atoms with Crippen LogP contribution < -0.4 is 16.2 Å². The molecule has 2 aromatic rings. The Morgan fingerprint density at radius 1 is 1.47 bits per heavy atom. The van der Waals surface area contributed by atoms with Crippen LogP contribution >= 0.6 is 11.3 Å². The second-order valence-corrected chi connectivity index (χ2v) is 4.31. The lowest BCUT2D eigenvalue weighted by Crippen LogP contribution is -2.01. The van der Waals surface area contributed by atoms with Crippen LogP contribution in [0.2, 0.25) is 0 Å². The highest BCUT2D eigenvalue weighted by molar-refractivity contribution is 7.18. The molecule has 0 aliphatic carbocycles. The summed E-state index contributed by atoms with van der Waals surface area (Å²) in [7, 11) is 1.56. The summed E-state index contributed by atoms with van der Waals surface area (Å²) in [4.78, 5) is 10.00. The number of nitrogen functional groups attached to an aromatic ring is 1. The van der Waals surface area contributed by atoms with Gasteiger partial charge in [0.1, 0.15) is 4.83 Å². The third-order valence-electron chi connectivity index (χ3n) is 2.04. The van der Waals surface area contributed by atoms with Crippen molar-refractivity contribution in [2.45, 2.75) is 13.0 Å². The molecule has 1 unspecified atom stereocenters. The number of rotatable bonds is 2. The molecule has 5 nitrogen and oxygen atoms in total. The molecular weight excluding hydrogens is 212 g/mol. The van der Waals surface area contributed by atoms with Gasteiger partial charge in [0.15, 0.2) is 0 Å². The highest BCUT2D eigenvalue weighted by atomic mass is 32.1. The molecule has 2 heterocycles. The lowest BCUT2D eigenvalue weighted by atomic mass is 10.2. The Bertz CT molecular complexity index is 494. The molecule has 0 aromatic carbocycles. The van der Waals surface area contributed by atoms with Gasteiger partial charge in [0.05, 0.1) is 12.5 Å². The third-order valence-corrected chi connectivity index (χ3v) is 3.27. The van der Waals surface area contributed by atoms with Gasteiger partial charge in [0, 0.05) is 10.9 Å². The maximum absolute atomic E-state index is 5.80. The molecule has 4 N–H and O–H groups in total. The van der Waals surface area contributed by atoms with Crippen molar-refractivity contribution in [2.75, 3.05) is 12.8 Å². The second-order valence-electron chi connectivity index (χ2n) is 3.25. The predicted octanol–water partition coefficient (Wildman–Crippen LogP) is 1.30. The fraction of sp³-hybridized carbons (Fsp3) is 0.333. The van der Waals surface area contributed by atoms with Crippen molar-refractivity contribution in [3.8, 4) is 5.88 Å². The number of fused-ring (bicyclic) bond motifs is 1. The van der Waals surface area contributed by atoms with Gasteiger partial charge >= 0.3 is 0 Å². The fourth-order valence-corrected chi connectivity index (χ4v) is 2.29. The Morgan fingerprint density at radius 3 is 2.80 bits per heavy atom. The van der Waals surface area contributed by atoms with Crippen LogP contribution in [0.1, 0.15) is 17.8 Å². The fourth-order valence-electron chi connectivity index (χ4n) is 1.31. The van der Waals surface area contributed by atoms with Crippen molar-refractivity contribution in [1.29, 1.82) is 0 Å². The molecule has 15 heavy (non-hydrogen) atoms. The number of hydrogen-bond donors (Lipinski definition) is 2. The Labute approximate surface area is 91.1 Å². The molecule has 0 radical (unpaired) electrons. The van der Waals surface area contributed by atoms with E-state index in [0.29, 0.717) is 5.88 Å². The summed E-state index contributed by atoms with van der Waals surface area (Å²) in [5.74, 6) is 0.720. The largest absolute Gasteiger partial charge is 0.480 e. The van der Waals surface area contributed by atoms with Crippen LogP contribution in [0.4, 0.5) is 5.95 Å². The number of thiophene rings is 1. The van der Waals surface area contributed by atoms with Crippen LogP contribution in [-0.2, 0) is 0 Å². The quantitative estimate of drug-likeness (QED) is 0.802. The highest BCUT2D eigenvalue weighted by Gasteiger charge is 2.12. The Kier molecular flexibility index (Phi) is 2.45. The van der Waals surface area contributed by atoms with E-state index in [0.717, 1.165) is 15.1 Å². The van der Waals surface area contributed by atoms with E-state index >= 15 is 0 Å². The topological polar surface area (TPSA) is 87.0 Å². The van der Waals surface area contributed by atoms with Crippen molar-refractivity contribution in [1.82, 2.24) is 9.97 Å². The standard InChI is InChI=1S/C9H12N4OS/c1-4(10)6-3-5-7(14-2)12-9(11)13-8(5)15-6/h3-4H,10H2,1-2H3,(H2,11,12,13). The van der Waals surface area contributed by atoms with E-state index in [1.54, 1.807) is 7.11 Å². The van der Waals surface area contributed by atoms with Gasteiger partial charge in [-0.1, -0.05) is 0 Å². The normalized spacial score (nSPS) is 13.0. The summed E-state index contributed by atoms with van der Waals surface area (Å²) in [5.41, 5.74) is 11.4. The average molecular weight is 224 g/mol. The Morgan fingerprint density at radius 2 is 2.20 bits per heavy atom. The van der Waals surface area contributed by atoms with E-state index < -0.39 is 0 Å². The first-order valence-corrected chi connectivity index (χ1v) is 5.30. The summed E-state index contributed by atoms with van der Waals surface area (Å²) < 4.78 is 5.14. The number of ether oxygens (including phenoxy) is 1. The minimum absolute atomic E-state index is 0.0184. The summed E-state index contributed by atoms with van der Waals surface area (Å²) in [6, 6.07) is 1.93. The van der Waals surface area contributed by atoms with Crippen LogP contribution in [0.25, 0.3) is 10.2 Å². The third kappa shape index (κ3) is 1.73. The number of anilines is 1. The summed E-state index contributed by atoms with van der Waals surface area (Å²) >= 11 is 1.51. The van der Waals surface area contributed by atoms with Gasteiger partial charge < -0.3 is 16.2 Å². The number of methoxy groups -OCH3 is 1. The van der Waals surface area contributed by atoms with Crippen LogP contribution in [0.5, 0.6) is 5.88 Å². The van der Waals surface area contributed by atoms with Crippen LogP contribution in [0.15, 0.2) is 6.07 Å². The first-order chi connectivity index (χ1) is 7.11. The number of nitrogens with zero attached hydrogens (tertiary/aromatic N) is 2. The zero-order chi connectivity index (χ0) is 11.0. The van der Waals surface area contributed by atoms with E-state index in [1.165, 1.54) is 11.3 Å². The molecule has 1 atom stereocenters. The van der Waals surface area contributed by atoms with Crippen molar-refractivity contribution in [3.63, 3.8) is 0 Å². The lowest BCUT2D eigenvalue weighted by molar-refractivity contribution is 0.403. The average Bonchev–Trinajstić information content (AvgIpc) is 2.59. The van der Waals surface area contributed by atoms with Gasteiger partial charge in [-0.05, 0) is 13.0 Å². The van der Waals surface area contributed by atoms with Crippen LogP contribution in [0, 0.1) is 0 Å². The number of nitrogens with two attached hydrogens (primary N) is 2. The lowest BCUT2D eigenvalue weighted by Gasteiger charge is -2.00. The molecule has 0 saturated carbocycles. The van der Waals surface area contributed by atoms with Gasteiger partial charge in [0.2, 0.25) is 11.8 Å². The van der Waals surface area contributed by atoms with E-state index in [1.807, 2.05) is 13.0 Å². The smallest absolute Gasteiger partial charge is 0.226 e. The maximum Gasteiger partial charge on any atom is 0.226 e. The van der Waals surface area contributed by atoms with Crippen molar-refractivity contribution in [3.05, 3.63) is 10.9 Å². The second kappa shape index (κ2) is 3.63. The van der Waals surface area contributed by atoms with Crippen LogP contribution in [0.3, 0.4) is 0 Å². The SMILES string of the molecule is COc1nc(N)nc2sc(C(C)N)cc12. The molecule has 0 amide bonds. The first-order valence-electron chi connectivity index (χ1n) is 4.48. The minimum Gasteiger partial charge on any atom is -0.480 e. The molecule has 0 aliphatic rings. The molecule has 0 bridgehead atoms. The highest BCUT2D eigenvalue weighted by Crippen LogP contribution is 2.32. The van der Waals surface area contributed by atoms with Gasteiger partial charge in [-0.2, -0.15) is 4.98 Å². The monoisotopic (exact) mass is 224 g/mol. The molecular formula is C9H12N4OS. The number of hydrogen-bond acceptors (Lipinski definition) is 6. The van der Waals surface area contributed by atoms with Crippen molar-refractivity contribution >= 4 is 27.5 Å². The molecule has 0 saturated heterocycles. The van der Waals surface area contributed by atoms with Crippen molar-refractivity contribution in [2.24, 2.45) is 5.73 Å². The summed E-state index contributed by atoms with van der Waals surface area (Å²) in [6.07, 6.45) is 0. The van der Waals surface area contributed by atoms with Crippen LogP contribution in [-0.4, -0.2) is 17.1 Å². The van der Waals surface area contributed by atoms with E-state index in [2.05, 4.69) is 9.97 Å². The molecule has 2 aromatic heterocycles. The molecule has 2 rings (SSSR count). The van der Waals surface area contributed by atoms with E-state index in [-0.39, 0.29) is 12.0 Å². The molecule has 0 aliphatic heterocycles. The van der Waals surface area contributed by atoms with Gasteiger partial charge in [-0.15, -0.1) is 11.3 Å². The Hall–Kier alpha value is -1.40. The van der Waals surface area contributed by atoms with Gasteiger partial charge in [0.25, 0.3) is 0 Å². The first kappa shape index (κ1) is 10.1. The summed E-state index contributed by atoms with van der Waals surface area (Å²) in [6.45, 7) is 1.92. The summed E-state index contributed by atoms with van der Waals surface area (Å²) in [5, 5.41) is 0.865. The van der Waals surface area contributed by atoms with Gasteiger partial charge in [-0.3, -0.25) is 0 Å². The zero-order valence-corrected chi connectivity index (χ0v) is 9.34. The molecule has 0 spiro atoms. The maximum atomic E-state index is 5.80. The minimum atomic E-state index is -0.0184. The van der Waals surface area contributed by atoms with Gasteiger partial charge in [-0.25, -0.2) is 4.98 Å². The molecule has 80 valence electrons.